The second-order valence-corrected chi connectivity index (χ2v) is 7.61. The van der Waals surface area contributed by atoms with Gasteiger partial charge in [0, 0.05) is 4.70 Å². The van der Waals surface area contributed by atoms with Crippen LogP contribution >= 0.6 is 11.3 Å². The Kier molecular flexibility index (Phi) is 3.44. The molecule has 0 aliphatic carbocycles. The van der Waals surface area contributed by atoms with Crippen LogP contribution in [0.4, 0.5) is 0 Å². The summed E-state index contributed by atoms with van der Waals surface area (Å²) in [6.07, 6.45) is 0. The predicted molar refractivity (Wildman–Crippen MR) is 108 cm³/mol. The lowest BCUT2D eigenvalue weighted by atomic mass is 9.99. The minimum atomic E-state index is 0.910. The summed E-state index contributed by atoms with van der Waals surface area (Å²) in [4.78, 5) is 0.980. The van der Waals surface area contributed by atoms with Crippen LogP contribution in [0.25, 0.3) is 43.1 Å². The van der Waals surface area contributed by atoms with Gasteiger partial charge in [0.15, 0.2) is 0 Å². The lowest BCUT2D eigenvalue weighted by molar-refractivity contribution is -0.636. The average Bonchev–Trinajstić information content (AvgIpc) is 3.19. The summed E-state index contributed by atoms with van der Waals surface area (Å²) in [5.41, 5.74) is 5.95. The van der Waals surface area contributed by atoms with Crippen LogP contribution in [0.5, 0.6) is 0 Å². The minimum Gasteiger partial charge on any atom is -0.386 e. The fourth-order valence-corrected chi connectivity index (χ4v) is 4.64. The van der Waals surface area contributed by atoms with Gasteiger partial charge in [-0.2, -0.15) is 4.57 Å². The zero-order chi connectivity index (χ0) is 17.7. The summed E-state index contributed by atoms with van der Waals surface area (Å²) in [6.45, 7) is 2.14. The van der Waals surface area contributed by atoms with Crippen LogP contribution in [0.2, 0.25) is 0 Å². The first-order valence-electron chi connectivity index (χ1n) is 8.69. The Balaban J connectivity index is 1.74. The lowest BCUT2D eigenvalue weighted by Crippen LogP contribution is -2.28. The van der Waals surface area contributed by atoms with Crippen molar-refractivity contribution in [3.8, 4) is 22.6 Å². The number of nitrogens with zero attached hydrogens (tertiary/aromatic N) is 1. The first kappa shape index (κ1) is 15.4. The van der Waals surface area contributed by atoms with Gasteiger partial charge in [0.1, 0.15) is 7.05 Å². The van der Waals surface area contributed by atoms with Crippen molar-refractivity contribution < 1.29 is 8.98 Å². The highest BCUT2D eigenvalue weighted by atomic mass is 32.1. The Morgan fingerprint density at radius 1 is 0.846 bits per heavy atom. The molecule has 3 heteroatoms. The summed E-state index contributed by atoms with van der Waals surface area (Å²) < 4.78 is 9.77. The second-order valence-electron chi connectivity index (χ2n) is 6.60. The van der Waals surface area contributed by atoms with Crippen LogP contribution in [0, 0.1) is 6.92 Å². The summed E-state index contributed by atoms with van der Waals surface area (Å²) in [5.74, 6) is 0.910. The molecule has 5 aromatic rings. The van der Waals surface area contributed by atoms with E-state index in [2.05, 4.69) is 85.3 Å². The van der Waals surface area contributed by atoms with Gasteiger partial charge >= 0.3 is 5.89 Å². The highest BCUT2D eigenvalue weighted by molar-refractivity contribution is 7.25. The molecule has 26 heavy (non-hydrogen) atoms. The van der Waals surface area contributed by atoms with Crippen molar-refractivity contribution in [2.24, 2.45) is 7.05 Å². The maximum Gasteiger partial charge on any atom is 0.382 e. The van der Waals surface area contributed by atoms with Gasteiger partial charge < -0.3 is 4.42 Å². The fraction of sp³-hybridized carbons (Fsp3) is 0.0870. The molecular weight excluding hydrogens is 338 g/mol. The summed E-state index contributed by atoms with van der Waals surface area (Å²) in [6, 6.07) is 25.5. The normalized spacial score (nSPS) is 11.5. The first-order chi connectivity index (χ1) is 12.7. The third-order valence-corrected chi connectivity index (χ3v) is 5.98. The topological polar surface area (TPSA) is 17.0 Å². The van der Waals surface area contributed by atoms with E-state index in [0.717, 1.165) is 16.4 Å². The summed E-state index contributed by atoms with van der Waals surface area (Å²) in [5, 5.41) is 1.25. The average molecular weight is 356 g/mol. The summed E-state index contributed by atoms with van der Waals surface area (Å²) in [7, 11) is 2.09. The van der Waals surface area contributed by atoms with Crippen LogP contribution in [0.1, 0.15) is 5.56 Å². The van der Waals surface area contributed by atoms with E-state index in [-0.39, 0.29) is 0 Å². The van der Waals surface area contributed by atoms with Gasteiger partial charge in [-0.25, -0.2) is 0 Å². The Morgan fingerprint density at radius 3 is 2.46 bits per heavy atom. The Hall–Kier alpha value is -2.91. The van der Waals surface area contributed by atoms with Crippen LogP contribution in [0.3, 0.4) is 0 Å². The first-order valence-corrected chi connectivity index (χ1v) is 9.50. The van der Waals surface area contributed by atoms with Gasteiger partial charge in [0.25, 0.3) is 10.4 Å². The molecule has 0 bridgehead atoms. The third-order valence-electron chi connectivity index (χ3n) is 4.94. The van der Waals surface area contributed by atoms with Crippen molar-refractivity contribution in [1.82, 2.24) is 0 Å². The monoisotopic (exact) mass is 356 g/mol. The van der Waals surface area contributed by atoms with E-state index in [1.807, 2.05) is 6.07 Å². The van der Waals surface area contributed by atoms with Crippen molar-refractivity contribution >= 4 is 31.8 Å². The van der Waals surface area contributed by atoms with Crippen molar-refractivity contribution in [3.63, 3.8) is 0 Å². The van der Waals surface area contributed by atoms with Crippen LogP contribution < -0.4 is 4.57 Å². The third kappa shape index (κ3) is 2.28. The lowest BCUT2D eigenvalue weighted by Gasteiger charge is -2.05. The Morgan fingerprint density at radius 2 is 1.62 bits per heavy atom. The predicted octanol–water partition coefficient (Wildman–Crippen LogP) is 6.11. The molecule has 0 N–H and O–H groups in total. The van der Waals surface area contributed by atoms with Crippen molar-refractivity contribution in [2.45, 2.75) is 6.92 Å². The van der Waals surface area contributed by atoms with E-state index in [9.17, 15) is 0 Å². The number of rotatable bonds is 2. The number of fused-ring (bicyclic) bond motifs is 3. The molecule has 0 spiro atoms. The van der Waals surface area contributed by atoms with Gasteiger partial charge in [-0.05, 0) is 41.8 Å². The number of aryl methyl sites for hydroxylation is 2. The molecule has 2 heterocycles. The molecule has 3 aromatic carbocycles. The zero-order valence-electron chi connectivity index (χ0n) is 14.7. The van der Waals surface area contributed by atoms with Crippen LogP contribution in [0.15, 0.2) is 77.2 Å². The van der Waals surface area contributed by atoms with Crippen molar-refractivity contribution in [3.05, 3.63) is 78.4 Å². The molecule has 0 saturated heterocycles. The quantitative estimate of drug-likeness (QED) is 0.349. The molecule has 0 aliphatic rings. The van der Waals surface area contributed by atoms with E-state index < -0.39 is 0 Å². The van der Waals surface area contributed by atoms with Gasteiger partial charge in [-0.15, -0.1) is 0 Å². The maximum absolute atomic E-state index is 6.32. The smallest absolute Gasteiger partial charge is 0.382 e. The Labute approximate surface area is 156 Å². The number of aromatic nitrogens is 1. The standard InChI is InChI=1S/C23H18NOS/c1-15-12-13-17(16-8-4-3-5-9-16)14-19(15)22-24(2)21-18-10-6-7-11-20(18)26-23(21)25-22/h3-14H,1-2H3/q+1. The van der Waals surface area contributed by atoms with Crippen LogP contribution in [-0.4, -0.2) is 0 Å². The van der Waals surface area contributed by atoms with E-state index >= 15 is 0 Å². The molecule has 0 saturated carbocycles. The highest BCUT2D eigenvalue weighted by Gasteiger charge is 2.26. The molecule has 0 radical (unpaired) electrons. The molecular formula is C23H18NOS+. The van der Waals surface area contributed by atoms with Crippen molar-refractivity contribution in [1.29, 1.82) is 0 Å². The number of benzene rings is 3. The van der Waals surface area contributed by atoms with E-state index in [0.29, 0.717) is 0 Å². The zero-order valence-corrected chi connectivity index (χ0v) is 15.5. The highest BCUT2D eigenvalue weighted by Crippen LogP contribution is 2.36. The number of hydrogen-bond acceptors (Lipinski definition) is 2. The maximum atomic E-state index is 6.32. The van der Waals surface area contributed by atoms with Gasteiger partial charge in [0.05, 0.1) is 10.9 Å². The number of hydrogen-bond donors (Lipinski definition) is 0. The second kappa shape index (κ2) is 5.82. The van der Waals surface area contributed by atoms with Crippen molar-refractivity contribution in [2.75, 3.05) is 0 Å². The van der Waals surface area contributed by atoms with E-state index in [1.54, 1.807) is 11.3 Å². The largest absolute Gasteiger partial charge is 0.386 e. The molecule has 2 aromatic heterocycles. The number of oxazole rings is 1. The molecule has 0 unspecified atom stereocenters. The Bertz CT molecular complexity index is 1250. The SMILES string of the molecule is Cc1ccc(-c2ccccc2)cc1-c1oc2sc3ccccc3c2[n+]1C. The van der Waals surface area contributed by atoms with Gasteiger partial charge in [0.2, 0.25) is 0 Å². The fourth-order valence-electron chi connectivity index (χ4n) is 3.55. The molecule has 126 valence electrons. The molecule has 0 fully saturated rings. The molecule has 0 amide bonds. The van der Waals surface area contributed by atoms with Gasteiger partial charge in [-0.1, -0.05) is 65.9 Å². The number of thiophene rings is 1. The van der Waals surface area contributed by atoms with Crippen LogP contribution in [-0.2, 0) is 7.05 Å². The van der Waals surface area contributed by atoms with E-state index in [1.165, 1.54) is 32.3 Å². The molecule has 5 rings (SSSR count). The van der Waals surface area contributed by atoms with Gasteiger partial charge in [-0.3, -0.25) is 0 Å². The van der Waals surface area contributed by atoms with E-state index in [4.69, 9.17) is 4.42 Å². The summed E-state index contributed by atoms with van der Waals surface area (Å²) >= 11 is 1.71. The molecule has 0 atom stereocenters. The minimum absolute atomic E-state index is 0.910. The molecule has 2 nitrogen and oxygen atoms in total. The molecule has 0 aliphatic heterocycles.